The first-order valence-electron chi connectivity index (χ1n) is 5.81. The van der Waals surface area contributed by atoms with Gasteiger partial charge in [0.25, 0.3) is 0 Å². The van der Waals surface area contributed by atoms with E-state index in [2.05, 4.69) is 68.9 Å². The first-order valence-corrected chi connectivity index (χ1v) is 5.81. The van der Waals surface area contributed by atoms with Crippen molar-refractivity contribution in [3.63, 3.8) is 0 Å². The largest absolute Gasteiger partial charge is 0.354 e. The highest BCUT2D eigenvalue weighted by molar-refractivity contribution is 5.64. The molecule has 0 aliphatic heterocycles. The third kappa shape index (κ3) is 2.04. The van der Waals surface area contributed by atoms with E-state index in [9.17, 15) is 0 Å². The van der Waals surface area contributed by atoms with E-state index in [-0.39, 0.29) is 0 Å². The van der Waals surface area contributed by atoms with E-state index < -0.39 is 0 Å². The summed E-state index contributed by atoms with van der Waals surface area (Å²) in [7, 11) is 2.08. The molecular formula is C15H19N. The van der Waals surface area contributed by atoms with Gasteiger partial charge < -0.3 is 4.57 Å². The lowest BCUT2D eigenvalue weighted by Gasteiger charge is -2.05. The van der Waals surface area contributed by atoms with Gasteiger partial charge in [-0.15, -0.1) is 0 Å². The number of hydrogen-bond acceptors (Lipinski definition) is 0. The minimum atomic E-state index is 0.603. The maximum absolute atomic E-state index is 2.23. The average Bonchev–Trinajstić information content (AvgIpc) is 2.59. The van der Waals surface area contributed by atoms with Gasteiger partial charge in [-0.1, -0.05) is 38.1 Å². The van der Waals surface area contributed by atoms with Crippen LogP contribution < -0.4 is 0 Å². The van der Waals surface area contributed by atoms with Crippen molar-refractivity contribution in [2.75, 3.05) is 0 Å². The molecule has 1 heterocycles. The van der Waals surface area contributed by atoms with Crippen LogP contribution in [0, 0.1) is 6.92 Å². The van der Waals surface area contributed by atoms with E-state index in [1.54, 1.807) is 0 Å². The SMILES string of the molecule is Cc1cc(-c2ccc(C(C)C)cc2)cn1C. The summed E-state index contributed by atoms with van der Waals surface area (Å²) in [6.07, 6.45) is 2.18. The van der Waals surface area contributed by atoms with Crippen molar-refractivity contribution in [1.82, 2.24) is 4.57 Å². The first-order chi connectivity index (χ1) is 7.58. The van der Waals surface area contributed by atoms with Crippen molar-refractivity contribution >= 4 is 0 Å². The van der Waals surface area contributed by atoms with Gasteiger partial charge in [0.2, 0.25) is 0 Å². The Balaban J connectivity index is 2.34. The van der Waals surface area contributed by atoms with Crippen molar-refractivity contribution in [2.24, 2.45) is 7.05 Å². The van der Waals surface area contributed by atoms with E-state index >= 15 is 0 Å². The van der Waals surface area contributed by atoms with Crippen LogP contribution in [0.15, 0.2) is 36.5 Å². The number of aryl methyl sites for hydroxylation is 2. The molecule has 1 aromatic heterocycles. The van der Waals surface area contributed by atoms with Crippen molar-refractivity contribution in [3.05, 3.63) is 47.8 Å². The molecule has 0 fully saturated rings. The maximum atomic E-state index is 2.23. The predicted molar refractivity (Wildman–Crippen MR) is 69.7 cm³/mol. The molecule has 0 atom stereocenters. The molecule has 1 heteroatoms. The van der Waals surface area contributed by atoms with E-state index in [0.717, 1.165) is 0 Å². The van der Waals surface area contributed by atoms with Crippen LogP contribution in [-0.4, -0.2) is 4.57 Å². The molecule has 0 spiro atoms. The Labute approximate surface area is 97.7 Å². The van der Waals surface area contributed by atoms with Crippen LogP contribution in [0.2, 0.25) is 0 Å². The van der Waals surface area contributed by atoms with Crippen LogP contribution in [0.1, 0.15) is 31.0 Å². The summed E-state index contributed by atoms with van der Waals surface area (Å²) in [4.78, 5) is 0. The van der Waals surface area contributed by atoms with Gasteiger partial charge >= 0.3 is 0 Å². The summed E-state index contributed by atoms with van der Waals surface area (Å²) in [5, 5.41) is 0. The van der Waals surface area contributed by atoms with Gasteiger partial charge in [0.15, 0.2) is 0 Å². The Morgan fingerprint density at radius 2 is 1.62 bits per heavy atom. The minimum Gasteiger partial charge on any atom is -0.354 e. The van der Waals surface area contributed by atoms with Crippen LogP contribution in [0.4, 0.5) is 0 Å². The Kier molecular flexibility index (Phi) is 2.86. The summed E-state index contributed by atoms with van der Waals surface area (Å²) in [6, 6.07) is 11.1. The molecule has 2 rings (SSSR count). The van der Waals surface area contributed by atoms with E-state index in [1.807, 2.05) is 0 Å². The number of rotatable bonds is 2. The quantitative estimate of drug-likeness (QED) is 0.707. The van der Waals surface area contributed by atoms with Gasteiger partial charge in [0.1, 0.15) is 0 Å². The van der Waals surface area contributed by atoms with Crippen molar-refractivity contribution in [3.8, 4) is 11.1 Å². The molecule has 0 aliphatic rings. The number of hydrogen-bond donors (Lipinski definition) is 0. The second-order valence-electron chi connectivity index (χ2n) is 4.76. The normalized spacial score (nSPS) is 11.1. The molecule has 1 nitrogen and oxygen atoms in total. The zero-order valence-electron chi connectivity index (χ0n) is 10.5. The molecule has 84 valence electrons. The zero-order chi connectivity index (χ0) is 11.7. The molecular weight excluding hydrogens is 194 g/mol. The monoisotopic (exact) mass is 213 g/mol. The number of aromatic nitrogens is 1. The second-order valence-corrected chi connectivity index (χ2v) is 4.76. The standard InChI is InChI=1S/C15H19N/c1-11(2)13-5-7-14(8-6-13)15-9-12(3)16(4)10-15/h5-11H,1-4H3. The molecule has 1 aromatic carbocycles. The van der Waals surface area contributed by atoms with Crippen molar-refractivity contribution in [2.45, 2.75) is 26.7 Å². The fourth-order valence-electron chi connectivity index (χ4n) is 1.89. The van der Waals surface area contributed by atoms with Crippen LogP contribution in [0.3, 0.4) is 0 Å². The van der Waals surface area contributed by atoms with Crippen molar-refractivity contribution < 1.29 is 0 Å². The highest BCUT2D eigenvalue weighted by Crippen LogP contribution is 2.23. The van der Waals surface area contributed by atoms with Gasteiger partial charge in [-0.25, -0.2) is 0 Å². The van der Waals surface area contributed by atoms with Gasteiger partial charge in [-0.2, -0.15) is 0 Å². The molecule has 0 bridgehead atoms. The van der Waals surface area contributed by atoms with Gasteiger partial charge in [0.05, 0.1) is 0 Å². The fraction of sp³-hybridized carbons (Fsp3) is 0.333. The number of benzene rings is 1. The topological polar surface area (TPSA) is 4.93 Å². The Morgan fingerprint density at radius 1 is 1.00 bits per heavy atom. The molecule has 0 aliphatic carbocycles. The lowest BCUT2D eigenvalue weighted by molar-refractivity contribution is 0.867. The van der Waals surface area contributed by atoms with Crippen molar-refractivity contribution in [1.29, 1.82) is 0 Å². The summed E-state index contributed by atoms with van der Waals surface area (Å²) in [6.45, 7) is 6.58. The first kappa shape index (κ1) is 11.0. The van der Waals surface area contributed by atoms with Gasteiger partial charge in [0, 0.05) is 18.9 Å². The van der Waals surface area contributed by atoms with Crippen LogP contribution in [0.25, 0.3) is 11.1 Å². The van der Waals surface area contributed by atoms with Crippen LogP contribution >= 0.6 is 0 Å². The van der Waals surface area contributed by atoms with E-state index in [0.29, 0.717) is 5.92 Å². The predicted octanol–water partition coefficient (Wildman–Crippen LogP) is 4.12. The highest BCUT2D eigenvalue weighted by atomic mass is 14.9. The lowest BCUT2D eigenvalue weighted by Crippen LogP contribution is -1.86. The van der Waals surface area contributed by atoms with Gasteiger partial charge in [-0.3, -0.25) is 0 Å². The lowest BCUT2D eigenvalue weighted by atomic mass is 10.00. The molecule has 2 aromatic rings. The maximum Gasteiger partial charge on any atom is 0.0147 e. The highest BCUT2D eigenvalue weighted by Gasteiger charge is 2.03. The molecule has 0 radical (unpaired) electrons. The number of nitrogens with zero attached hydrogens (tertiary/aromatic N) is 1. The Hall–Kier alpha value is -1.50. The molecule has 0 unspecified atom stereocenters. The molecule has 0 N–H and O–H groups in total. The molecule has 16 heavy (non-hydrogen) atoms. The van der Waals surface area contributed by atoms with E-state index in [1.165, 1.54) is 22.4 Å². The molecule has 0 saturated carbocycles. The third-order valence-electron chi connectivity index (χ3n) is 3.16. The smallest absolute Gasteiger partial charge is 0.0147 e. The fourth-order valence-corrected chi connectivity index (χ4v) is 1.89. The third-order valence-corrected chi connectivity index (χ3v) is 3.16. The summed E-state index contributed by atoms with van der Waals surface area (Å²) >= 11 is 0. The summed E-state index contributed by atoms with van der Waals surface area (Å²) in [5.41, 5.74) is 5.29. The summed E-state index contributed by atoms with van der Waals surface area (Å²) < 4.78 is 2.16. The van der Waals surface area contributed by atoms with Crippen LogP contribution in [0.5, 0.6) is 0 Å². The second kappa shape index (κ2) is 4.17. The van der Waals surface area contributed by atoms with Crippen LogP contribution in [-0.2, 0) is 7.05 Å². The van der Waals surface area contributed by atoms with E-state index in [4.69, 9.17) is 0 Å². The molecule has 0 amide bonds. The Bertz CT molecular complexity index is 455. The van der Waals surface area contributed by atoms with Gasteiger partial charge in [-0.05, 0) is 35.6 Å². The minimum absolute atomic E-state index is 0.603. The zero-order valence-corrected chi connectivity index (χ0v) is 10.5. The Morgan fingerprint density at radius 3 is 2.06 bits per heavy atom. The average molecular weight is 213 g/mol. The molecule has 0 saturated heterocycles. The summed E-state index contributed by atoms with van der Waals surface area (Å²) in [5.74, 6) is 0.603.